The minimum Gasteiger partial charge on any atom is -0.494 e. The highest BCUT2D eigenvalue weighted by molar-refractivity contribution is 6.17. The summed E-state index contributed by atoms with van der Waals surface area (Å²) in [5.74, 6) is 1.11. The van der Waals surface area contributed by atoms with Gasteiger partial charge in [0.05, 0.1) is 17.1 Å². The highest BCUT2D eigenvalue weighted by atomic mass is 16.6. The molecule has 0 N–H and O–H groups in total. The van der Waals surface area contributed by atoms with Crippen molar-refractivity contribution in [1.82, 2.24) is 4.90 Å². The third-order valence-corrected chi connectivity index (χ3v) is 7.26. The Morgan fingerprint density at radius 1 is 1.11 bits per heavy atom. The van der Waals surface area contributed by atoms with Crippen molar-refractivity contribution >= 4 is 22.4 Å². The van der Waals surface area contributed by atoms with Crippen LogP contribution in [0.3, 0.4) is 0 Å². The van der Waals surface area contributed by atoms with Crippen molar-refractivity contribution in [3.05, 3.63) is 69.5 Å². The molecule has 0 radical (unpaired) electrons. The molecule has 1 fully saturated rings. The van der Waals surface area contributed by atoms with E-state index in [1.54, 1.807) is 18.2 Å². The summed E-state index contributed by atoms with van der Waals surface area (Å²) in [4.78, 5) is 27.0. The van der Waals surface area contributed by atoms with Crippen LogP contribution in [0, 0.1) is 10.1 Å². The molecular formula is C29H36N2O5. The number of piperidine rings is 1. The van der Waals surface area contributed by atoms with Gasteiger partial charge in [-0.3, -0.25) is 19.8 Å². The molecule has 2 atom stereocenters. The van der Waals surface area contributed by atoms with E-state index in [1.807, 2.05) is 12.1 Å². The molecule has 7 heteroatoms. The van der Waals surface area contributed by atoms with Crippen LogP contribution in [0.4, 0.5) is 5.69 Å². The van der Waals surface area contributed by atoms with Crippen molar-refractivity contribution in [3.63, 3.8) is 0 Å². The van der Waals surface area contributed by atoms with Gasteiger partial charge in [0, 0.05) is 48.1 Å². The fourth-order valence-electron chi connectivity index (χ4n) is 5.21. The second-order valence-corrected chi connectivity index (χ2v) is 9.86. The van der Waals surface area contributed by atoms with Crippen molar-refractivity contribution < 1.29 is 18.9 Å². The van der Waals surface area contributed by atoms with Gasteiger partial charge in [-0.25, -0.2) is 0 Å². The van der Waals surface area contributed by atoms with Crippen LogP contribution in [0.2, 0.25) is 0 Å². The Balaban J connectivity index is 1.45. The Morgan fingerprint density at radius 2 is 1.83 bits per heavy atom. The number of carbonyl (C=O) groups is 1. The third kappa shape index (κ3) is 5.78. The van der Waals surface area contributed by atoms with Gasteiger partial charge in [-0.15, -0.1) is 0 Å². The first kappa shape index (κ1) is 25.9. The number of ketones is 1. The number of nitro benzene ring substituents is 1. The first-order valence-electron chi connectivity index (χ1n) is 13.1. The zero-order valence-electron chi connectivity index (χ0n) is 21.5. The molecule has 1 aromatic heterocycles. The van der Waals surface area contributed by atoms with Crippen LogP contribution in [-0.4, -0.2) is 40.8 Å². The van der Waals surface area contributed by atoms with E-state index in [0.717, 1.165) is 31.6 Å². The highest BCUT2D eigenvalue weighted by Crippen LogP contribution is 2.32. The molecule has 0 bridgehead atoms. The molecular weight excluding hydrogens is 456 g/mol. The summed E-state index contributed by atoms with van der Waals surface area (Å²) in [5, 5.41) is 11.8. The van der Waals surface area contributed by atoms with E-state index < -0.39 is 4.92 Å². The topological polar surface area (TPSA) is 85.8 Å². The molecule has 4 rings (SSSR count). The number of carbonyl (C=O) groups excluding carboxylic acids is 1. The first-order valence-corrected chi connectivity index (χ1v) is 13.1. The van der Waals surface area contributed by atoms with E-state index in [1.165, 1.54) is 31.4 Å². The summed E-state index contributed by atoms with van der Waals surface area (Å²) in [6.07, 6.45) is 7.22. The molecule has 0 spiro atoms. The van der Waals surface area contributed by atoms with Gasteiger partial charge in [0.15, 0.2) is 5.78 Å². The fourth-order valence-corrected chi connectivity index (χ4v) is 5.21. The summed E-state index contributed by atoms with van der Waals surface area (Å²) in [6, 6.07) is 12.8. The van der Waals surface area contributed by atoms with E-state index in [2.05, 4.69) is 25.7 Å². The molecule has 36 heavy (non-hydrogen) atoms. The number of aryl methyl sites for hydroxylation is 1. The molecule has 1 aliphatic rings. The van der Waals surface area contributed by atoms with Gasteiger partial charge in [-0.05, 0) is 69.9 Å². The Labute approximate surface area is 212 Å². The quantitative estimate of drug-likeness (QED) is 0.125. The normalized spacial score (nSPS) is 18.4. The van der Waals surface area contributed by atoms with Crippen LogP contribution in [0.15, 0.2) is 46.9 Å². The third-order valence-electron chi connectivity index (χ3n) is 7.26. The number of ether oxygens (including phenoxy) is 1. The van der Waals surface area contributed by atoms with E-state index in [9.17, 15) is 14.9 Å². The van der Waals surface area contributed by atoms with Gasteiger partial charge in [-0.2, -0.15) is 0 Å². The first-order chi connectivity index (χ1) is 17.4. The van der Waals surface area contributed by atoms with E-state index in [-0.39, 0.29) is 11.5 Å². The number of rotatable bonds is 11. The lowest BCUT2D eigenvalue weighted by Crippen LogP contribution is -2.44. The van der Waals surface area contributed by atoms with E-state index in [4.69, 9.17) is 9.15 Å². The molecule has 2 aromatic carbocycles. The molecule has 3 aromatic rings. The predicted octanol–water partition coefficient (Wildman–Crippen LogP) is 6.95. The molecule has 0 saturated carbocycles. The number of fused-ring (bicyclic) bond motifs is 1. The predicted molar refractivity (Wildman–Crippen MR) is 141 cm³/mol. The van der Waals surface area contributed by atoms with Crippen LogP contribution in [-0.2, 0) is 6.42 Å². The van der Waals surface area contributed by atoms with Crippen molar-refractivity contribution in [2.75, 3.05) is 13.2 Å². The van der Waals surface area contributed by atoms with Gasteiger partial charge in [0.2, 0.25) is 0 Å². The number of hydrogen-bond donors (Lipinski definition) is 0. The summed E-state index contributed by atoms with van der Waals surface area (Å²) in [7, 11) is 0. The lowest BCUT2D eigenvalue weighted by molar-refractivity contribution is -0.384. The Hall–Kier alpha value is -3.19. The van der Waals surface area contributed by atoms with Crippen molar-refractivity contribution in [1.29, 1.82) is 0 Å². The number of non-ortho nitro benzene ring substituents is 1. The molecule has 1 aliphatic heterocycles. The van der Waals surface area contributed by atoms with Crippen LogP contribution in [0.5, 0.6) is 5.75 Å². The zero-order chi connectivity index (χ0) is 25.7. The second-order valence-electron chi connectivity index (χ2n) is 9.86. The minimum absolute atomic E-state index is 0.0588. The van der Waals surface area contributed by atoms with Gasteiger partial charge in [0.1, 0.15) is 17.1 Å². The van der Waals surface area contributed by atoms with Gasteiger partial charge in [0.25, 0.3) is 5.69 Å². The Kier molecular flexibility index (Phi) is 8.41. The number of likely N-dealkylation sites (tertiary alicyclic amines) is 1. The van der Waals surface area contributed by atoms with Gasteiger partial charge in [-0.1, -0.05) is 19.8 Å². The number of benzene rings is 2. The van der Waals surface area contributed by atoms with Crippen molar-refractivity contribution in [2.24, 2.45) is 0 Å². The molecule has 0 amide bonds. The molecule has 192 valence electrons. The van der Waals surface area contributed by atoms with Crippen LogP contribution in [0.1, 0.15) is 81.0 Å². The maximum atomic E-state index is 13.5. The average molecular weight is 493 g/mol. The molecule has 1 saturated heterocycles. The second kappa shape index (κ2) is 11.7. The minimum atomic E-state index is -0.453. The van der Waals surface area contributed by atoms with Crippen LogP contribution >= 0.6 is 0 Å². The largest absolute Gasteiger partial charge is 0.494 e. The standard InChI is InChI=1S/C29H36N2O5/c1-4-5-10-27-28(25-19-23(31(33)34)13-16-26(25)36-27)29(32)22-11-14-24(15-12-22)35-18-7-17-30-20(2)8-6-9-21(30)3/h11-16,19-21H,4-10,17-18H2,1-3H3. The number of nitrogens with zero attached hydrogens (tertiary/aromatic N) is 2. The Bertz CT molecular complexity index is 1190. The van der Waals surface area contributed by atoms with E-state index >= 15 is 0 Å². The lowest BCUT2D eigenvalue weighted by atomic mass is 9.97. The maximum absolute atomic E-state index is 13.5. The average Bonchev–Trinajstić information content (AvgIpc) is 3.24. The van der Waals surface area contributed by atoms with Crippen LogP contribution in [0.25, 0.3) is 11.0 Å². The summed E-state index contributed by atoms with van der Waals surface area (Å²) < 4.78 is 11.9. The van der Waals surface area contributed by atoms with Gasteiger partial charge < -0.3 is 9.15 Å². The fraction of sp³-hybridized carbons (Fsp3) is 0.483. The molecule has 2 heterocycles. The summed E-state index contributed by atoms with van der Waals surface area (Å²) in [5.41, 5.74) is 1.36. The van der Waals surface area contributed by atoms with Crippen LogP contribution < -0.4 is 4.74 Å². The van der Waals surface area contributed by atoms with E-state index in [0.29, 0.717) is 53.0 Å². The molecule has 2 unspecified atom stereocenters. The Morgan fingerprint density at radius 3 is 2.50 bits per heavy atom. The smallest absolute Gasteiger partial charge is 0.270 e. The monoisotopic (exact) mass is 492 g/mol. The summed E-state index contributed by atoms with van der Waals surface area (Å²) in [6.45, 7) is 8.34. The molecule has 0 aliphatic carbocycles. The zero-order valence-corrected chi connectivity index (χ0v) is 21.5. The summed E-state index contributed by atoms with van der Waals surface area (Å²) >= 11 is 0. The molecule has 7 nitrogen and oxygen atoms in total. The van der Waals surface area contributed by atoms with Crippen molar-refractivity contribution in [2.45, 2.75) is 77.8 Å². The van der Waals surface area contributed by atoms with Gasteiger partial charge >= 0.3 is 0 Å². The SMILES string of the molecule is CCCCc1oc2ccc([N+](=O)[O-])cc2c1C(=O)c1ccc(OCCCN2C(C)CCCC2C)cc1. The lowest BCUT2D eigenvalue weighted by Gasteiger charge is -2.39. The highest BCUT2D eigenvalue weighted by Gasteiger charge is 2.25. The van der Waals surface area contributed by atoms with Crippen molar-refractivity contribution in [3.8, 4) is 5.75 Å². The number of nitro groups is 1. The number of hydrogen-bond acceptors (Lipinski definition) is 6. The number of unbranched alkanes of at least 4 members (excludes halogenated alkanes) is 1. The number of furan rings is 1. The maximum Gasteiger partial charge on any atom is 0.270 e.